The van der Waals surface area contributed by atoms with Gasteiger partial charge in [0.25, 0.3) is 0 Å². The van der Waals surface area contributed by atoms with Crippen LogP contribution in [0, 0.1) is 0 Å². The molecule has 0 unspecified atom stereocenters. The smallest absolute Gasteiger partial charge is 0.238 e. The summed E-state index contributed by atoms with van der Waals surface area (Å²) in [6, 6.07) is 13.5. The number of primary sulfonamides is 1. The third-order valence-corrected chi connectivity index (χ3v) is 5.33. The lowest BCUT2D eigenvalue weighted by Crippen LogP contribution is -2.12. The molecule has 3 aromatic heterocycles. The maximum Gasteiger partial charge on any atom is 0.238 e. The van der Waals surface area contributed by atoms with Gasteiger partial charge in [-0.3, -0.25) is 0 Å². The number of nitrogens with one attached hydrogen (secondary N) is 1. The largest absolute Gasteiger partial charge is 0.444 e. The van der Waals surface area contributed by atoms with Crippen LogP contribution in [-0.2, 0) is 10.0 Å². The monoisotopic (exact) mass is 434 g/mol. The third kappa shape index (κ3) is 3.72. The van der Waals surface area contributed by atoms with Crippen molar-refractivity contribution in [1.82, 2.24) is 29.9 Å². The van der Waals surface area contributed by atoms with Crippen LogP contribution in [0.2, 0.25) is 0 Å². The summed E-state index contributed by atoms with van der Waals surface area (Å²) in [4.78, 5) is 12.6. The molecule has 0 fully saturated rings. The van der Waals surface area contributed by atoms with Crippen LogP contribution in [0.5, 0.6) is 0 Å². The normalized spacial score (nSPS) is 11.6. The summed E-state index contributed by atoms with van der Waals surface area (Å²) >= 11 is 0. The Morgan fingerprint density at radius 3 is 2.74 bits per heavy atom. The predicted octanol–water partition coefficient (Wildman–Crippen LogP) is 2.26. The van der Waals surface area contributed by atoms with E-state index in [4.69, 9.17) is 9.56 Å². The first kappa shape index (κ1) is 18.8. The van der Waals surface area contributed by atoms with Gasteiger partial charge in [0.05, 0.1) is 23.0 Å². The molecule has 0 saturated carbocycles. The summed E-state index contributed by atoms with van der Waals surface area (Å²) in [6.07, 6.45) is 4.51. The molecule has 0 spiro atoms. The molecular weight excluding hydrogens is 420 g/mol. The molecule has 0 aliphatic rings. The first-order chi connectivity index (χ1) is 15.0. The molecule has 154 valence electrons. The molecule has 5 aromatic rings. The van der Waals surface area contributed by atoms with Crippen molar-refractivity contribution in [3.05, 3.63) is 67.3 Å². The van der Waals surface area contributed by atoms with Crippen molar-refractivity contribution in [1.29, 1.82) is 0 Å². The van der Waals surface area contributed by atoms with Gasteiger partial charge in [-0.05, 0) is 30.3 Å². The van der Waals surface area contributed by atoms with Crippen LogP contribution >= 0.6 is 0 Å². The van der Waals surface area contributed by atoms with Crippen LogP contribution in [0.15, 0.2) is 76.6 Å². The Labute approximate surface area is 175 Å². The van der Waals surface area contributed by atoms with E-state index in [0.717, 1.165) is 11.3 Å². The summed E-state index contributed by atoms with van der Waals surface area (Å²) in [5.41, 5.74) is 2.98. The fraction of sp³-hybridized carbons (Fsp3) is 0. The lowest BCUT2D eigenvalue weighted by atomic mass is 10.1. The Hall–Kier alpha value is -4.16. The van der Waals surface area contributed by atoms with Gasteiger partial charge < -0.3 is 9.73 Å². The van der Waals surface area contributed by atoms with Crippen LogP contribution < -0.4 is 10.5 Å². The van der Waals surface area contributed by atoms with E-state index in [9.17, 15) is 8.42 Å². The van der Waals surface area contributed by atoms with Crippen LogP contribution in [0.25, 0.3) is 28.2 Å². The topological polar surface area (TPSA) is 155 Å². The molecule has 31 heavy (non-hydrogen) atoms. The van der Waals surface area contributed by atoms with Crippen LogP contribution in [0.3, 0.4) is 0 Å². The van der Waals surface area contributed by atoms with E-state index in [-0.39, 0.29) is 10.8 Å². The number of hydrogen-bond donors (Lipinski definition) is 2. The van der Waals surface area contributed by atoms with Crippen molar-refractivity contribution < 1.29 is 12.8 Å². The van der Waals surface area contributed by atoms with Crippen molar-refractivity contribution in [2.45, 2.75) is 4.90 Å². The minimum atomic E-state index is -3.83. The fourth-order valence-electron chi connectivity index (χ4n) is 2.99. The number of fused-ring (bicyclic) bond motifs is 1. The molecule has 11 nitrogen and oxygen atoms in total. The van der Waals surface area contributed by atoms with E-state index >= 15 is 0 Å². The Morgan fingerprint density at radius 2 is 1.94 bits per heavy atom. The number of benzene rings is 2. The number of nitrogens with zero attached hydrogens (tertiary/aromatic N) is 6. The van der Waals surface area contributed by atoms with E-state index < -0.39 is 10.0 Å². The zero-order valence-electron chi connectivity index (χ0n) is 15.7. The zero-order chi connectivity index (χ0) is 21.4. The van der Waals surface area contributed by atoms with Gasteiger partial charge in [0.2, 0.25) is 16.0 Å². The van der Waals surface area contributed by atoms with E-state index in [1.54, 1.807) is 23.0 Å². The van der Waals surface area contributed by atoms with Gasteiger partial charge in [0, 0.05) is 11.3 Å². The Kier molecular flexibility index (Phi) is 4.42. The van der Waals surface area contributed by atoms with Gasteiger partial charge in [-0.15, -0.1) is 5.10 Å². The highest BCUT2D eigenvalue weighted by Crippen LogP contribution is 2.24. The Morgan fingerprint density at radius 1 is 1.06 bits per heavy atom. The summed E-state index contributed by atoms with van der Waals surface area (Å²) < 4.78 is 30.1. The van der Waals surface area contributed by atoms with Gasteiger partial charge in [-0.25, -0.2) is 23.5 Å². The minimum absolute atomic E-state index is 0.0190. The molecule has 0 bridgehead atoms. The lowest BCUT2D eigenvalue weighted by Gasteiger charge is -2.07. The molecule has 3 heterocycles. The lowest BCUT2D eigenvalue weighted by molar-refractivity contribution is 0.572. The second-order valence-electron chi connectivity index (χ2n) is 6.52. The summed E-state index contributed by atoms with van der Waals surface area (Å²) in [5.74, 6) is 0.868. The number of hydrogen-bond acceptors (Lipinski definition) is 9. The number of rotatable bonds is 5. The molecule has 2 aromatic carbocycles. The van der Waals surface area contributed by atoms with Crippen molar-refractivity contribution in [2.24, 2.45) is 5.14 Å². The molecule has 12 heteroatoms. The average molecular weight is 434 g/mol. The quantitative estimate of drug-likeness (QED) is 0.424. The number of sulfonamides is 1. The molecule has 0 aliphatic heterocycles. The average Bonchev–Trinajstić information content (AvgIpc) is 3.44. The van der Waals surface area contributed by atoms with Gasteiger partial charge in [-0.1, -0.05) is 23.4 Å². The first-order valence-corrected chi connectivity index (χ1v) is 10.5. The maximum absolute atomic E-state index is 11.6. The first-order valence-electron chi connectivity index (χ1n) is 8.95. The van der Waals surface area contributed by atoms with Crippen molar-refractivity contribution in [2.75, 3.05) is 5.32 Å². The molecule has 0 aliphatic carbocycles. The van der Waals surface area contributed by atoms with Crippen molar-refractivity contribution >= 4 is 32.8 Å². The Balaban J connectivity index is 1.52. The molecule has 5 rings (SSSR count). The van der Waals surface area contributed by atoms with Crippen molar-refractivity contribution in [3.8, 4) is 17.0 Å². The van der Waals surface area contributed by atoms with Gasteiger partial charge in [0.15, 0.2) is 23.3 Å². The van der Waals surface area contributed by atoms with E-state index in [1.807, 2.05) is 24.3 Å². The molecule has 0 saturated heterocycles. The van der Waals surface area contributed by atoms with Gasteiger partial charge in [0.1, 0.15) is 0 Å². The molecule has 0 amide bonds. The standard InChI is InChI=1S/C19H14N8O3S/c20-31(28,29)15-6-2-4-13(8-15)23-19-22-9-16-18(24-19)27(26-25-16)14-5-1-3-12(7-14)17-10-21-11-30-17/h1-11H,(H2,20,28,29)(H,22,23,24). The minimum Gasteiger partial charge on any atom is -0.444 e. The van der Waals surface area contributed by atoms with E-state index in [1.165, 1.54) is 24.7 Å². The number of nitrogens with two attached hydrogens (primary N) is 1. The summed E-state index contributed by atoms with van der Waals surface area (Å²) in [6.45, 7) is 0. The number of oxazole rings is 1. The van der Waals surface area contributed by atoms with Crippen LogP contribution in [-0.4, -0.2) is 38.4 Å². The Bertz CT molecular complexity index is 1500. The van der Waals surface area contributed by atoms with Crippen molar-refractivity contribution in [3.63, 3.8) is 0 Å². The second-order valence-corrected chi connectivity index (χ2v) is 8.08. The number of anilines is 2. The zero-order valence-corrected chi connectivity index (χ0v) is 16.6. The molecular formula is C19H14N8O3S. The molecule has 0 radical (unpaired) electrons. The second kappa shape index (κ2) is 7.27. The number of aromatic nitrogens is 6. The highest BCUT2D eigenvalue weighted by atomic mass is 32.2. The van der Waals surface area contributed by atoms with Gasteiger partial charge in [-0.2, -0.15) is 9.67 Å². The van der Waals surface area contributed by atoms with E-state index in [2.05, 4.69) is 30.6 Å². The van der Waals surface area contributed by atoms with Gasteiger partial charge >= 0.3 is 0 Å². The van der Waals surface area contributed by atoms with E-state index in [0.29, 0.717) is 22.6 Å². The SMILES string of the molecule is NS(=O)(=O)c1cccc(Nc2ncc3nnn(-c4cccc(-c5cnco5)c4)c3n2)c1. The molecule has 3 N–H and O–H groups in total. The molecule has 0 atom stereocenters. The summed E-state index contributed by atoms with van der Waals surface area (Å²) in [5, 5.41) is 16.5. The third-order valence-electron chi connectivity index (χ3n) is 4.42. The predicted molar refractivity (Wildman–Crippen MR) is 111 cm³/mol. The highest BCUT2D eigenvalue weighted by molar-refractivity contribution is 7.89. The highest BCUT2D eigenvalue weighted by Gasteiger charge is 2.13. The fourth-order valence-corrected chi connectivity index (χ4v) is 3.55. The maximum atomic E-state index is 11.6. The van der Waals surface area contributed by atoms with Crippen LogP contribution in [0.1, 0.15) is 0 Å². The summed E-state index contributed by atoms with van der Waals surface area (Å²) in [7, 11) is -3.83. The van der Waals surface area contributed by atoms with Crippen LogP contribution in [0.4, 0.5) is 11.6 Å².